The van der Waals surface area contributed by atoms with Crippen LogP contribution in [-0.2, 0) is 11.3 Å². The van der Waals surface area contributed by atoms with E-state index in [1.165, 1.54) is 12.8 Å². The fourth-order valence-corrected chi connectivity index (χ4v) is 3.41. The lowest BCUT2D eigenvalue weighted by molar-refractivity contribution is -0.119. The molecule has 0 unspecified atom stereocenters. The highest BCUT2D eigenvalue weighted by atomic mass is 32.2. The van der Waals surface area contributed by atoms with E-state index >= 15 is 0 Å². The first kappa shape index (κ1) is 15.2. The van der Waals surface area contributed by atoms with Gasteiger partial charge in [0.2, 0.25) is 5.91 Å². The number of nitrogens with zero attached hydrogens (tertiary/aromatic N) is 2. The van der Waals surface area contributed by atoms with Crippen molar-refractivity contribution in [2.45, 2.75) is 25.4 Å². The molecule has 0 aliphatic heterocycles. The second kappa shape index (κ2) is 7.49. The number of benzene rings is 1. The lowest BCUT2D eigenvalue weighted by Gasteiger charge is -2.19. The Hall–Kier alpha value is -1.75. The van der Waals surface area contributed by atoms with Crippen LogP contribution in [0.3, 0.4) is 0 Å². The van der Waals surface area contributed by atoms with Crippen molar-refractivity contribution in [2.75, 3.05) is 11.5 Å². The molecule has 0 spiro atoms. The quantitative estimate of drug-likeness (QED) is 0.815. The Kier molecular flexibility index (Phi) is 5.16. The number of carbonyl (C=O) groups excluding carboxylic acids is 1. The van der Waals surface area contributed by atoms with E-state index in [0.29, 0.717) is 12.3 Å². The third-order valence-corrected chi connectivity index (χ3v) is 4.92. The van der Waals surface area contributed by atoms with Crippen LogP contribution in [0.5, 0.6) is 0 Å². The maximum absolute atomic E-state index is 12.2. The highest BCUT2D eigenvalue weighted by molar-refractivity contribution is 7.99. The van der Waals surface area contributed by atoms with E-state index in [2.05, 4.69) is 10.4 Å². The van der Waals surface area contributed by atoms with Gasteiger partial charge in [0.05, 0.1) is 18.3 Å². The Morgan fingerprint density at radius 2 is 2.14 bits per heavy atom. The molecular formula is C17H21N3OS. The number of aromatic nitrogens is 2. The molecule has 1 heterocycles. The summed E-state index contributed by atoms with van der Waals surface area (Å²) < 4.78 is 1.86. The zero-order valence-corrected chi connectivity index (χ0v) is 13.3. The van der Waals surface area contributed by atoms with Crippen molar-refractivity contribution in [1.82, 2.24) is 15.1 Å². The zero-order valence-electron chi connectivity index (χ0n) is 12.5. The standard InChI is InChI=1S/C17H21N3OS/c21-17(13-22-12-14-7-8-14)19-16(11-20-10-4-9-18-20)15-5-2-1-3-6-15/h1-6,9-10,14,16H,7-8,11-13H2,(H,19,21)/t16-/m1/s1. The molecule has 0 saturated heterocycles. The highest BCUT2D eigenvalue weighted by Gasteiger charge is 2.22. The third-order valence-electron chi connectivity index (χ3n) is 3.75. The second-order valence-corrected chi connectivity index (χ2v) is 6.75. The van der Waals surface area contributed by atoms with Crippen LogP contribution in [0.2, 0.25) is 0 Å². The van der Waals surface area contributed by atoms with Gasteiger partial charge < -0.3 is 5.32 Å². The maximum Gasteiger partial charge on any atom is 0.230 e. The van der Waals surface area contributed by atoms with Gasteiger partial charge in [0.1, 0.15) is 0 Å². The Morgan fingerprint density at radius 3 is 2.82 bits per heavy atom. The van der Waals surface area contributed by atoms with Gasteiger partial charge in [0, 0.05) is 12.4 Å². The molecular weight excluding hydrogens is 294 g/mol. The van der Waals surface area contributed by atoms with Crippen molar-refractivity contribution in [1.29, 1.82) is 0 Å². The molecule has 4 nitrogen and oxygen atoms in total. The summed E-state index contributed by atoms with van der Waals surface area (Å²) in [5.41, 5.74) is 1.11. The minimum atomic E-state index is -0.0462. The first-order valence-corrected chi connectivity index (χ1v) is 8.86. The molecule has 0 bridgehead atoms. The normalized spacial score (nSPS) is 15.5. The molecule has 22 heavy (non-hydrogen) atoms. The van der Waals surface area contributed by atoms with Crippen LogP contribution in [-0.4, -0.2) is 27.2 Å². The van der Waals surface area contributed by atoms with Gasteiger partial charge in [0.15, 0.2) is 0 Å². The van der Waals surface area contributed by atoms with Crippen molar-refractivity contribution < 1.29 is 4.79 Å². The van der Waals surface area contributed by atoms with Crippen LogP contribution in [0.25, 0.3) is 0 Å². The van der Waals surface area contributed by atoms with Crippen molar-refractivity contribution >= 4 is 17.7 Å². The van der Waals surface area contributed by atoms with Crippen molar-refractivity contribution in [3.05, 3.63) is 54.4 Å². The van der Waals surface area contributed by atoms with Gasteiger partial charge in [-0.3, -0.25) is 9.48 Å². The molecule has 1 atom stereocenters. The van der Waals surface area contributed by atoms with Crippen molar-refractivity contribution in [3.8, 4) is 0 Å². The van der Waals surface area contributed by atoms with Crippen molar-refractivity contribution in [3.63, 3.8) is 0 Å². The van der Waals surface area contributed by atoms with E-state index in [1.807, 2.05) is 47.3 Å². The largest absolute Gasteiger partial charge is 0.347 e. The van der Waals surface area contributed by atoms with Crippen LogP contribution in [0.4, 0.5) is 0 Å². The minimum absolute atomic E-state index is 0.0462. The molecule has 1 fully saturated rings. The van der Waals surface area contributed by atoms with Crippen LogP contribution in [0.15, 0.2) is 48.8 Å². The third kappa shape index (κ3) is 4.63. The number of thioether (sulfide) groups is 1. The van der Waals surface area contributed by atoms with Gasteiger partial charge in [-0.2, -0.15) is 16.9 Å². The molecule has 1 aliphatic rings. The summed E-state index contributed by atoms with van der Waals surface area (Å²) in [7, 11) is 0. The zero-order chi connectivity index (χ0) is 15.2. The lowest BCUT2D eigenvalue weighted by Crippen LogP contribution is -2.32. The average molecular weight is 315 g/mol. The fourth-order valence-electron chi connectivity index (χ4n) is 2.35. The second-order valence-electron chi connectivity index (χ2n) is 5.72. The molecule has 116 valence electrons. The van der Waals surface area contributed by atoms with Crippen molar-refractivity contribution in [2.24, 2.45) is 5.92 Å². The van der Waals surface area contributed by atoms with E-state index in [9.17, 15) is 4.79 Å². The highest BCUT2D eigenvalue weighted by Crippen LogP contribution is 2.32. The number of rotatable bonds is 8. The lowest BCUT2D eigenvalue weighted by atomic mass is 10.1. The number of hydrogen-bond acceptors (Lipinski definition) is 3. The summed E-state index contributed by atoms with van der Waals surface area (Å²) in [5, 5.41) is 7.39. The van der Waals surface area contributed by atoms with Gasteiger partial charge in [-0.05, 0) is 36.1 Å². The Balaban J connectivity index is 1.58. The van der Waals surface area contributed by atoms with E-state index in [4.69, 9.17) is 0 Å². The van der Waals surface area contributed by atoms with Gasteiger partial charge >= 0.3 is 0 Å². The molecule has 0 radical (unpaired) electrons. The molecule has 1 amide bonds. The Bertz CT molecular complexity index is 581. The van der Waals surface area contributed by atoms with E-state index in [0.717, 1.165) is 17.2 Å². The minimum Gasteiger partial charge on any atom is -0.347 e. The molecule has 3 rings (SSSR count). The number of carbonyl (C=O) groups is 1. The molecule has 2 aromatic rings. The molecule has 5 heteroatoms. The average Bonchev–Trinajstić information content (AvgIpc) is 3.22. The maximum atomic E-state index is 12.2. The summed E-state index contributed by atoms with van der Waals surface area (Å²) >= 11 is 1.74. The molecule has 1 saturated carbocycles. The van der Waals surface area contributed by atoms with E-state index < -0.39 is 0 Å². The first-order chi connectivity index (χ1) is 10.8. The fraction of sp³-hybridized carbons (Fsp3) is 0.412. The van der Waals surface area contributed by atoms with Gasteiger partial charge in [-0.25, -0.2) is 0 Å². The summed E-state index contributed by atoms with van der Waals surface area (Å²) in [4.78, 5) is 12.2. The number of amides is 1. The van der Waals surface area contributed by atoms with Gasteiger partial charge in [-0.15, -0.1) is 0 Å². The molecule has 1 aliphatic carbocycles. The molecule has 1 N–H and O–H groups in total. The Morgan fingerprint density at radius 1 is 1.32 bits per heavy atom. The number of hydrogen-bond donors (Lipinski definition) is 1. The topological polar surface area (TPSA) is 46.9 Å². The summed E-state index contributed by atoms with van der Waals surface area (Å²) in [6, 6.07) is 11.9. The summed E-state index contributed by atoms with van der Waals surface area (Å²) in [6.45, 7) is 0.649. The van der Waals surface area contributed by atoms with Gasteiger partial charge in [0.25, 0.3) is 0 Å². The summed E-state index contributed by atoms with van der Waals surface area (Å²) in [6.07, 6.45) is 6.35. The molecule has 1 aromatic carbocycles. The first-order valence-electron chi connectivity index (χ1n) is 7.71. The van der Waals surface area contributed by atoms with E-state index in [-0.39, 0.29) is 11.9 Å². The molecule has 1 aromatic heterocycles. The number of nitrogens with one attached hydrogen (secondary N) is 1. The van der Waals surface area contributed by atoms with Crippen LogP contribution in [0.1, 0.15) is 24.4 Å². The van der Waals surface area contributed by atoms with Crippen LogP contribution < -0.4 is 5.32 Å². The van der Waals surface area contributed by atoms with Crippen LogP contribution in [0, 0.1) is 5.92 Å². The monoisotopic (exact) mass is 315 g/mol. The van der Waals surface area contributed by atoms with Gasteiger partial charge in [-0.1, -0.05) is 30.3 Å². The Labute approximate surface area is 135 Å². The van der Waals surface area contributed by atoms with Crippen LogP contribution >= 0.6 is 11.8 Å². The van der Waals surface area contributed by atoms with E-state index in [1.54, 1.807) is 18.0 Å². The smallest absolute Gasteiger partial charge is 0.230 e. The predicted octanol–water partition coefficient (Wildman–Crippen LogP) is 2.88. The predicted molar refractivity (Wildman–Crippen MR) is 89.6 cm³/mol. The summed E-state index contributed by atoms with van der Waals surface area (Å²) in [5.74, 6) is 2.61. The SMILES string of the molecule is O=C(CSCC1CC1)N[C@H](Cn1cccn1)c1ccccc1.